The summed E-state index contributed by atoms with van der Waals surface area (Å²) in [5.74, 6) is 4.46. The van der Waals surface area contributed by atoms with E-state index in [4.69, 9.17) is 0 Å². The first-order valence-corrected chi connectivity index (χ1v) is 12.6. The van der Waals surface area contributed by atoms with Crippen LogP contribution in [0, 0.1) is 17.5 Å². The van der Waals surface area contributed by atoms with Crippen molar-refractivity contribution in [2.24, 2.45) is 5.92 Å². The Morgan fingerprint density at radius 2 is 1.00 bits per heavy atom. The summed E-state index contributed by atoms with van der Waals surface area (Å²) in [7, 11) is -7.97. The lowest BCUT2D eigenvalue weighted by atomic mass is 10.1. The average Bonchev–Trinajstić information content (AvgIpc) is 3.31. The molecule has 6 heteroatoms. The van der Waals surface area contributed by atoms with E-state index < -0.39 is 14.5 Å². The largest absolute Gasteiger partial charge is 0.673 e. The molecule has 1 aliphatic rings. The number of halogens is 4. The molecule has 0 nitrogen and oxygen atoms in total. The van der Waals surface area contributed by atoms with E-state index in [0.717, 1.165) is 12.3 Å². The molecule has 0 bridgehead atoms. The van der Waals surface area contributed by atoms with Crippen LogP contribution in [0.25, 0.3) is 0 Å². The minimum absolute atomic E-state index is 0.793. The molecule has 0 atom stereocenters. The van der Waals surface area contributed by atoms with Crippen molar-refractivity contribution >= 4 is 30.4 Å². The molecule has 1 saturated carbocycles. The normalized spacial score (nSPS) is 14.1. The van der Waals surface area contributed by atoms with E-state index in [1.54, 1.807) is 0 Å². The summed E-state index contributed by atoms with van der Waals surface area (Å²) >= 11 is 0. The zero-order valence-corrected chi connectivity index (χ0v) is 18.7. The number of rotatable bonds is 4. The Kier molecular flexibility index (Phi) is 8.54. The van der Waals surface area contributed by atoms with E-state index in [-0.39, 0.29) is 0 Å². The molecule has 1 aliphatic carbocycles. The van der Waals surface area contributed by atoms with Crippen molar-refractivity contribution in [3.63, 3.8) is 0 Å². The van der Waals surface area contributed by atoms with Gasteiger partial charge in [0, 0.05) is 6.42 Å². The molecule has 3 aromatic rings. The third-order valence-electron chi connectivity index (χ3n) is 5.54. The second-order valence-corrected chi connectivity index (χ2v) is 10.9. The van der Waals surface area contributed by atoms with Gasteiger partial charge in [-0.25, -0.2) is 0 Å². The molecule has 0 spiro atoms. The molecule has 0 radical (unpaired) electrons. The number of hydrogen-bond donors (Lipinski definition) is 0. The monoisotopic (exact) mass is 456 g/mol. The molecule has 4 rings (SSSR count). The molecule has 0 aromatic heterocycles. The lowest BCUT2D eigenvalue weighted by Crippen LogP contribution is -2.29. The van der Waals surface area contributed by atoms with E-state index >= 15 is 0 Å². The lowest BCUT2D eigenvalue weighted by molar-refractivity contribution is 0.368. The Labute approximate surface area is 188 Å². The van der Waals surface area contributed by atoms with Crippen molar-refractivity contribution in [2.45, 2.75) is 32.1 Å². The van der Waals surface area contributed by atoms with Crippen molar-refractivity contribution in [3.8, 4) is 11.6 Å². The Balaban J connectivity index is 0.000000523. The maximum absolute atomic E-state index is 9.75. The van der Waals surface area contributed by atoms with Gasteiger partial charge < -0.3 is 17.3 Å². The zero-order chi connectivity index (χ0) is 22.9. The van der Waals surface area contributed by atoms with E-state index in [2.05, 4.69) is 103 Å². The van der Waals surface area contributed by atoms with Gasteiger partial charge in [-0.2, -0.15) is 0 Å². The predicted molar refractivity (Wildman–Crippen MR) is 130 cm³/mol. The zero-order valence-electron chi connectivity index (χ0n) is 17.8. The van der Waals surface area contributed by atoms with Crippen LogP contribution < -0.4 is 15.9 Å². The van der Waals surface area contributed by atoms with Gasteiger partial charge in [0.15, 0.2) is 7.26 Å². The van der Waals surface area contributed by atoms with Crippen LogP contribution in [0.2, 0.25) is 0 Å². The smallest absolute Gasteiger partial charge is 0.418 e. The minimum Gasteiger partial charge on any atom is -0.418 e. The topological polar surface area (TPSA) is 0 Å². The molecule has 0 aliphatic heterocycles. The molecule has 0 saturated heterocycles. The van der Waals surface area contributed by atoms with E-state index in [0.29, 0.717) is 0 Å². The maximum Gasteiger partial charge on any atom is 0.673 e. The molecule has 0 heterocycles. The van der Waals surface area contributed by atoms with E-state index in [1.165, 1.54) is 41.6 Å². The second kappa shape index (κ2) is 11.3. The standard InChI is InChI=1S/C26H26P.BF4/c1-4-16-24(17-5-1)27(25-18-6-2-7-19-25,26-20-8-3-9-21-26)22-12-15-23-13-10-11-14-23;2-1(3,4)5/h1-9,16-21,23H,10-11,13-15H2;/q+1;-1. The Morgan fingerprint density at radius 3 is 1.34 bits per heavy atom. The highest BCUT2D eigenvalue weighted by Gasteiger charge is 2.44. The van der Waals surface area contributed by atoms with Crippen LogP contribution in [-0.4, -0.2) is 7.25 Å². The fraction of sp³-hybridized carbons (Fsp3) is 0.231. The van der Waals surface area contributed by atoms with Gasteiger partial charge in [0.05, 0.1) is 5.66 Å². The number of hydrogen-bond acceptors (Lipinski definition) is 0. The predicted octanol–water partition coefficient (Wildman–Crippen LogP) is 6.82. The fourth-order valence-electron chi connectivity index (χ4n) is 4.12. The number of benzene rings is 3. The highest BCUT2D eigenvalue weighted by Crippen LogP contribution is 2.54. The molecule has 3 aromatic carbocycles. The maximum atomic E-state index is 9.75. The Morgan fingerprint density at radius 1 is 0.656 bits per heavy atom. The van der Waals surface area contributed by atoms with Crippen molar-refractivity contribution in [3.05, 3.63) is 91.0 Å². The molecule has 0 N–H and O–H groups in total. The molecular weight excluding hydrogens is 430 g/mol. The van der Waals surface area contributed by atoms with E-state index in [1.807, 2.05) is 0 Å². The van der Waals surface area contributed by atoms with Gasteiger partial charge in [-0.05, 0) is 55.2 Å². The van der Waals surface area contributed by atoms with Gasteiger partial charge in [-0.3, -0.25) is 0 Å². The van der Waals surface area contributed by atoms with Gasteiger partial charge in [-0.15, -0.1) is 0 Å². The summed E-state index contributed by atoms with van der Waals surface area (Å²) in [6, 6.07) is 32.7. The second-order valence-electron chi connectivity index (χ2n) is 7.82. The molecule has 32 heavy (non-hydrogen) atoms. The van der Waals surface area contributed by atoms with Crippen LogP contribution in [0.5, 0.6) is 0 Å². The highest BCUT2D eigenvalue weighted by molar-refractivity contribution is 7.99. The van der Waals surface area contributed by atoms with Gasteiger partial charge >= 0.3 is 7.25 Å². The van der Waals surface area contributed by atoms with Crippen LogP contribution >= 0.6 is 7.26 Å². The summed E-state index contributed by atoms with van der Waals surface area (Å²) in [6.45, 7) is 0. The van der Waals surface area contributed by atoms with Gasteiger partial charge in [-0.1, -0.05) is 73.4 Å². The lowest BCUT2D eigenvalue weighted by Gasteiger charge is -2.21. The molecular formula is C26H26BF4P. The van der Waals surface area contributed by atoms with Crippen molar-refractivity contribution in [2.75, 3.05) is 0 Å². The first kappa shape index (κ1) is 24.1. The quantitative estimate of drug-likeness (QED) is 0.175. The molecule has 166 valence electrons. The third kappa shape index (κ3) is 6.71. The first-order chi connectivity index (χ1) is 15.4. The summed E-state index contributed by atoms with van der Waals surface area (Å²) in [4.78, 5) is 0. The summed E-state index contributed by atoms with van der Waals surface area (Å²) in [5, 5.41) is 4.05. The van der Waals surface area contributed by atoms with Crippen LogP contribution in [0.4, 0.5) is 17.3 Å². The third-order valence-corrected chi connectivity index (χ3v) is 9.25. The molecule has 1 fully saturated rings. The van der Waals surface area contributed by atoms with Crippen molar-refractivity contribution in [1.29, 1.82) is 0 Å². The first-order valence-electron chi connectivity index (χ1n) is 10.8. The van der Waals surface area contributed by atoms with E-state index in [9.17, 15) is 17.3 Å². The van der Waals surface area contributed by atoms with Gasteiger partial charge in [0.2, 0.25) is 0 Å². The Bertz CT molecular complexity index is 903. The molecule has 0 unspecified atom stereocenters. The average molecular weight is 456 g/mol. The summed E-state index contributed by atoms with van der Waals surface area (Å²) in [5.41, 5.74) is 3.87. The summed E-state index contributed by atoms with van der Waals surface area (Å²) < 4.78 is 39.0. The van der Waals surface area contributed by atoms with Crippen molar-refractivity contribution in [1.82, 2.24) is 0 Å². The van der Waals surface area contributed by atoms with Crippen LogP contribution in [0.3, 0.4) is 0 Å². The van der Waals surface area contributed by atoms with Gasteiger partial charge in [0.25, 0.3) is 0 Å². The van der Waals surface area contributed by atoms with Gasteiger partial charge in [0.1, 0.15) is 15.9 Å². The van der Waals surface area contributed by atoms with Crippen LogP contribution in [0.1, 0.15) is 32.1 Å². The van der Waals surface area contributed by atoms with Crippen LogP contribution in [-0.2, 0) is 0 Å². The Hall–Kier alpha value is -2.57. The minimum atomic E-state index is -6.00. The summed E-state index contributed by atoms with van der Waals surface area (Å²) in [6.07, 6.45) is 6.49. The van der Waals surface area contributed by atoms with Crippen molar-refractivity contribution < 1.29 is 17.3 Å². The molecule has 0 amide bonds. The SMILES string of the molecule is C(#C[P+](c1ccccc1)(c1ccccc1)c1ccccc1)CC1CCCC1.F[B-](F)(F)F. The van der Waals surface area contributed by atoms with Crippen LogP contribution in [0.15, 0.2) is 91.0 Å². The highest BCUT2D eigenvalue weighted by atomic mass is 31.2. The fourth-order valence-corrected chi connectivity index (χ4v) is 7.59.